The molecule has 0 N–H and O–H groups in total. The van der Waals surface area contributed by atoms with Crippen molar-refractivity contribution in [2.75, 3.05) is 0 Å². The second-order valence-corrected chi connectivity index (χ2v) is 5.69. The third-order valence-corrected chi connectivity index (χ3v) is 3.56. The topological polar surface area (TPSA) is 42.2 Å². The Morgan fingerprint density at radius 2 is 1.90 bits per heavy atom. The maximum atomic E-state index is 5.38. The largest absolute Gasteiger partial charge is 0.338 e. The molecule has 2 rings (SSSR count). The molecule has 0 fully saturated rings. The molecule has 0 atom stereocenters. The van der Waals surface area contributed by atoms with Crippen LogP contribution in [0.3, 0.4) is 0 Å². The van der Waals surface area contributed by atoms with Gasteiger partial charge < -0.3 is 4.52 Å². The van der Waals surface area contributed by atoms with E-state index in [1.807, 2.05) is 6.07 Å². The van der Waals surface area contributed by atoms with Crippen molar-refractivity contribution in [2.45, 2.75) is 59.2 Å². The third kappa shape index (κ3) is 4.97. The maximum Gasteiger partial charge on any atom is 0.240 e. The van der Waals surface area contributed by atoms with Crippen molar-refractivity contribution in [3.63, 3.8) is 0 Å². The molecule has 0 aliphatic heterocycles. The van der Waals surface area contributed by atoms with E-state index in [1.165, 1.54) is 5.56 Å². The van der Waals surface area contributed by atoms with Gasteiger partial charge in [0, 0.05) is 19.0 Å². The summed E-state index contributed by atoms with van der Waals surface area (Å²) in [6.07, 6.45) is 3.16. The van der Waals surface area contributed by atoms with Crippen LogP contribution in [0.4, 0.5) is 0 Å². The Bertz CT molecular complexity index is 522. The fraction of sp³-hybridized carbons (Fsp3) is 0.529. The zero-order chi connectivity index (χ0) is 15.1. The average molecular weight is 287 g/mol. The molecule has 0 aliphatic carbocycles. The number of hydrogen-bond acceptors (Lipinski definition) is 4. The van der Waals surface area contributed by atoms with Gasteiger partial charge in [0.25, 0.3) is 0 Å². The summed E-state index contributed by atoms with van der Waals surface area (Å²) < 4.78 is 5.38. The minimum atomic E-state index is 0.427. The van der Waals surface area contributed by atoms with Crippen molar-refractivity contribution >= 4 is 0 Å². The molecule has 0 radical (unpaired) electrons. The summed E-state index contributed by atoms with van der Waals surface area (Å²) in [6, 6.07) is 10.9. The molecule has 0 aliphatic rings. The van der Waals surface area contributed by atoms with Crippen LogP contribution in [0.5, 0.6) is 0 Å². The van der Waals surface area contributed by atoms with E-state index < -0.39 is 0 Å². The summed E-state index contributed by atoms with van der Waals surface area (Å²) in [5.41, 5.74) is 1.30. The fourth-order valence-electron chi connectivity index (χ4n) is 2.20. The molecule has 1 heterocycles. The van der Waals surface area contributed by atoms with Crippen LogP contribution in [0.15, 0.2) is 34.9 Å². The van der Waals surface area contributed by atoms with E-state index in [0.29, 0.717) is 18.5 Å². The van der Waals surface area contributed by atoms with Gasteiger partial charge in [-0.15, -0.1) is 0 Å². The molecular formula is C17H25N3O. The van der Waals surface area contributed by atoms with E-state index in [2.05, 4.69) is 60.1 Å². The second-order valence-electron chi connectivity index (χ2n) is 5.69. The molecule has 0 bridgehead atoms. The van der Waals surface area contributed by atoms with E-state index in [0.717, 1.165) is 31.6 Å². The van der Waals surface area contributed by atoms with E-state index >= 15 is 0 Å². The number of benzene rings is 1. The van der Waals surface area contributed by atoms with E-state index in [-0.39, 0.29) is 0 Å². The molecule has 0 unspecified atom stereocenters. The molecule has 0 saturated carbocycles. The first-order chi connectivity index (χ1) is 10.2. The normalized spacial score (nSPS) is 11.5. The molecule has 1 aromatic heterocycles. The molecule has 2 aromatic rings. The highest BCUT2D eigenvalue weighted by atomic mass is 16.5. The zero-order valence-corrected chi connectivity index (χ0v) is 13.2. The summed E-state index contributed by atoms with van der Waals surface area (Å²) in [5, 5.41) is 4.06. The highest BCUT2D eigenvalue weighted by Gasteiger charge is 2.15. The fourth-order valence-corrected chi connectivity index (χ4v) is 2.20. The van der Waals surface area contributed by atoms with Crippen LogP contribution in [0, 0.1) is 0 Å². The SMILES string of the molecule is CCCCc1noc(CN(Cc2ccccc2)C(C)C)n1. The standard InChI is InChI=1S/C17H25N3O/c1-4-5-11-16-18-17(21-19-16)13-20(14(2)3)12-15-9-7-6-8-10-15/h6-10,14H,4-5,11-13H2,1-3H3. The van der Waals surface area contributed by atoms with Crippen molar-refractivity contribution in [2.24, 2.45) is 0 Å². The van der Waals surface area contributed by atoms with E-state index in [1.54, 1.807) is 0 Å². The molecule has 21 heavy (non-hydrogen) atoms. The van der Waals surface area contributed by atoms with Gasteiger partial charge in [-0.25, -0.2) is 0 Å². The minimum absolute atomic E-state index is 0.427. The first-order valence-electron chi connectivity index (χ1n) is 7.78. The van der Waals surface area contributed by atoms with Gasteiger partial charge in [0.1, 0.15) is 0 Å². The third-order valence-electron chi connectivity index (χ3n) is 3.56. The molecule has 4 heteroatoms. The highest BCUT2D eigenvalue weighted by Crippen LogP contribution is 2.12. The van der Waals surface area contributed by atoms with Gasteiger partial charge >= 0.3 is 0 Å². The van der Waals surface area contributed by atoms with Gasteiger partial charge in [-0.2, -0.15) is 4.98 Å². The minimum Gasteiger partial charge on any atom is -0.338 e. The predicted molar refractivity (Wildman–Crippen MR) is 83.7 cm³/mol. The lowest BCUT2D eigenvalue weighted by atomic mass is 10.2. The summed E-state index contributed by atoms with van der Waals surface area (Å²) in [6.45, 7) is 8.15. The van der Waals surface area contributed by atoms with Gasteiger partial charge in [0.15, 0.2) is 5.82 Å². The zero-order valence-electron chi connectivity index (χ0n) is 13.2. The summed E-state index contributed by atoms with van der Waals surface area (Å²) in [4.78, 5) is 6.83. The Kier molecular flexibility index (Phi) is 5.93. The number of unbranched alkanes of at least 4 members (excludes halogenated alkanes) is 1. The van der Waals surface area contributed by atoms with Gasteiger partial charge in [-0.3, -0.25) is 4.90 Å². The van der Waals surface area contributed by atoms with Crippen LogP contribution < -0.4 is 0 Å². The number of aromatic nitrogens is 2. The number of aryl methyl sites for hydroxylation is 1. The van der Waals surface area contributed by atoms with Gasteiger partial charge in [0.2, 0.25) is 5.89 Å². The van der Waals surface area contributed by atoms with Crippen molar-refractivity contribution in [3.8, 4) is 0 Å². The summed E-state index contributed by atoms with van der Waals surface area (Å²) >= 11 is 0. The Hall–Kier alpha value is -1.68. The molecule has 0 amide bonds. The maximum absolute atomic E-state index is 5.38. The monoisotopic (exact) mass is 287 g/mol. The Morgan fingerprint density at radius 1 is 1.14 bits per heavy atom. The van der Waals surface area contributed by atoms with Crippen LogP contribution in [0.25, 0.3) is 0 Å². The van der Waals surface area contributed by atoms with Crippen LogP contribution >= 0.6 is 0 Å². The van der Waals surface area contributed by atoms with Crippen molar-refractivity contribution < 1.29 is 4.52 Å². The van der Waals surface area contributed by atoms with Crippen LogP contribution in [-0.2, 0) is 19.5 Å². The smallest absolute Gasteiger partial charge is 0.240 e. The van der Waals surface area contributed by atoms with E-state index in [9.17, 15) is 0 Å². The van der Waals surface area contributed by atoms with Crippen molar-refractivity contribution in [1.29, 1.82) is 0 Å². The van der Waals surface area contributed by atoms with Gasteiger partial charge in [-0.05, 0) is 25.8 Å². The Labute approximate surface area is 127 Å². The highest BCUT2D eigenvalue weighted by molar-refractivity contribution is 5.14. The quantitative estimate of drug-likeness (QED) is 0.740. The lowest BCUT2D eigenvalue weighted by Gasteiger charge is -2.24. The van der Waals surface area contributed by atoms with Crippen LogP contribution in [0.1, 0.15) is 50.9 Å². The molecule has 0 spiro atoms. The second kappa shape index (κ2) is 7.93. The van der Waals surface area contributed by atoms with Crippen molar-refractivity contribution in [1.82, 2.24) is 15.0 Å². The van der Waals surface area contributed by atoms with Gasteiger partial charge in [0.05, 0.1) is 6.54 Å². The molecule has 4 nitrogen and oxygen atoms in total. The predicted octanol–water partition coefficient (Wildman–Crippen LogP) is 3.82. The van der Waals surface area contributed by atoms with Crippen LogP contribution in [-0.4, -0.2) is 21.1 Å². The summed E-state index contributed by atoms with van der Waals surface area (Å²) in [7, 11) is 0. The molecule has 0 saturated heterocycles. The lowest BCUT2D eigenvalue weighted by Crippen LogP contribution is -2.29. The molecular weight excluding hydrogens is 262 g/mol. The number of hydrogen-bond donors (Lipinski definition) is 0. The summed E-state index contributed by atoms with van der Waals surface area (Å²) in [5.74, 6) is 1.54. The molecule has 1 aromatic carbocycles. The Morgan fingerprint density at radius 3 is 2.57 bits per heavy atom. The Balaban J connectivity index is 1.97. The number of nitrogens with zero attached hydrogens (tertiary/aromatic N) is 3. The van der Waals surface area contributed by atoms with Crippen molar-refractivity contribution in [3.05, 3.63) is 47.6 Å². The first kappa shape index (κ1) is 15.7. The molecule has 114 valence electrons. The van der Waals surface area contributed by atoms with Crippen LogP contribution in [0.2, 0.25) is 0 Å². The first-order valence-corrected chi connectivity index (χ1v) is 7.78. The van der Waals surface area contributed by atoms with E-state index in [4.69, 9.17) is 4.52 Å². The van der Waals surface area contributed by atoms with Gasteiger partial charge in [-0.1, -0.05) is 48.8 Å². The average Bonchev–Trinajstić information content (AvgIpc) is 2.93. The number of rotatable bonds is 8. The lowest BCUT2D eigenvalue weighted by molar-refractivity contribution is 0.176.